The van der Waals surface area contributed by atoms with Crippen molar-refractivity contribution >= 4 is 5.91 Å². The predicted octanol–water partition coefficient (Wildman–Crippen LogP) is 2.88. The van der Waals surface area contributed by atoms with Gasteiger partial charge < -0.3 is 10.4 Å². The van der Waals surface area contributed by atoms with Gasteiger partial charge in [0, 0.05) is 24.7 Å². The lowest BCUT2D eigenvalue weighted by atomic mass is 9.96. The summed E-state index contributed by atoms with van der Waals surface area (Å²) in [6, 6.07) is 6.51. The number of likely N-dealkylation sites (tertiary alicyclic amines) is 1. The van der Waals surface area contributed by atoms with Gasteiger partial charge >= 0.3 is 0 Å². The summed E-state index contributed by atoms with van der Waals surface area (Å²) < 4.78 is 13.8. The minimum Gasteiger partial charge on any atom is -0.387 e. The minimum absolute atomic E-state index is 0.0501. The molecule has 4 nitrogen and oxygen atoms in total. The maximum absolute atomic E-state index is 13.8. The lowest BCUT2D eigenvalue weighted by Gasteiger charge is -2.33. The van der Waals surface area contributed by atoms with E-state index >= 15 is 0 Å². The van der Waals surface area contributed by atoms with E-state index in [1.54, 1.807) is 18.2 Å². The molecule has 1 aromatic carbocycles. The molecule has 1 aliphatic rings. The highest BCUT2D eigenvalue weighted by Crippen LogP contribution is 2.22. The van der Waals surface area contributed by atoms with Gasteiger partial charge in [0.2, 0.25) is 5.91 Å². The van der Waals surface area contributed by atoms with Gasteiger partial charge in [0.1, 0.15) is 5.82 Å². The number of hydrogen-bond donors (Lipinski definition) is 2. The van der Waals surface area contributed by atoms with E-state index in [4.69, 9.17) is 0 Å². The summed E-state index contributed by atoms with van der Waals surface area (Å²) in [7, 11) is 0. The number of amides is 1. The third-order valence-electron chi connectivity index (χ3n) is 4.68. The first-order chi connectivity index (χ1) is 11.5. The molecular formula is C19H29FN2O2. The number of nitrogens with one attached hydrogen (secondary N) is 1. The molecule has 1 saturated heterocycles. The second-order valence-electron chi connectivity index (χ2n) is 6.83. The van der Waals surface area contributed by atoms with Crippen LogP contribution < -0.4 is 5.32 Å². The number of carbonyl (C=O) groups excluding carboxylic acids is 1. The van der Waals surface area contributed by atoms with Crippen LogP contribution in [0.25, 0.3) is 0 Å². The molecule has 2 N–H and O–H groups in total. The fourth-order valence-corrected chi connectivity index (χ4v) is 3.39. The van der Waals surface area contributed by atoms with Crippen LogP contribution in [-0.4, -0.2) is 41.6 Å². The van der Waals surface area contributed by atoms with E-state index in [1.807, 2.05) is 6.92 Å². The Balaban J connectivity index is 1.88. The van der Waals surface area contributed by atoms with Crippen LogP contribution in [0.3, 0.4) is 0 Å². The number of nitrogens with zero attached hydrogens (tertiary/aromatic N) is 1. The number of β-amino-alcohol motifs (C(OH)–C–C–N with tert-alkyl or cyclic N) is 1. The van der Waals surface area contributed by atoms with Crippen molar-refractivity contribution in [3.63, 3.8) is 0 Å². The molecule has 1 aliphatic heterocycles. The molecular weight excluding hydrogens is 307 g/mol. The summed E-state index contributed by atoms with van der Waals surface area (Å²) in [5, 5.41) is 13.4. The van der Waals surface area contributed by atoms with Crippen LogP contribution in [-0.2, 0) is 4.79 Å². The molecule has 1 heterocycles. The van der Waals surface area contributed by atoms with Crippen LogP contribution in [0.15, 0.2) is 24.3 Å². The second kappa shape index (κ2) is 9.14. The first-order valence-electron chi connectivity index (χ1n) is 8.96. The zero-order valence-electron chi connectivity index (χ0n) is 14.7. The number of rotatable bonds is 7. The van der Waals surface area contributed by atoms with Crippen molar-refractivity contribution in [3.8, 4) is 0 Å². The van der Waals surface area contributed by atoms with Crippen LogP contribution in [0.5, 0.6) is 0 Å². The topological polar surface area (TPSA) is 52.6 Å². The highest BCUT2D eigenvalue weighted by Gasteiger charge is 2.28. The normalized spacial score (nSPS) is 21.2. The number of benzene rings is 1. The maximum Gasteiger partial charge on any atom is 0.224 e. The van der Waals surface area contributed by atoms with Gasteiger partial charge in [-0.1, -0.05) is 31.5 Å². The molecule has 0 spiro atoms. The highest BCUT2D eigenvalue weighted by atomic mass is 19.1. The first kappa shape index (κ1) is 18.9. The Morgan fingerprint density at radius 3 is 2.92 bits per heavy atom. The molecule has 0 aromatic heterocycles. The monoisotopic (exact) mass is 336 g/mol. The molecule has 0 saturated carbocycles. The largest absolute Gasteiger partial charge is 0.387 e. The van der Waals surface area contributed by atoms with Crippen LogP contribution in [0.4, 0.5) is 4.39 Å². The summed E-state index contributed by atoms with van der Waals surface area (Å²) in [5.41, 5.74) is 0.320. The summed E-state index contributed by atoms with van der Waals surface area (Å²) in [6.45, 7) is 5.95. The number of piperidine rings is 1. The standard InChI is InChI=1S/C19H29FN2O2/c1-3-7-14(2)21-19(24)15-8-6-11-22(12-15)13-18(23)16-9-4-5-10-17(16)20/h4-5,9-10,14-15,18,23H,3,6-8,11-13H2,1-2H3,(H,21,24). The van der Waals surface area contributed by atoms with E-state index in [-0.39, 0.29) is 23.7 Å². The average Bonchev–Trinajstić information content (AvgIpc) is 2.55. The van der Waals surface area contributed by atoms with Gasteiger partial charge in [-0.15, -0.1) is 0 Å². The third kappa shape index (κ3) is 5.28. The Kier molecular flexibility index (Phi) is 7.18. The van der Waals surface area contributed by atoms with Gasteiger partial charge in [0.05, 0.1) is 12.0 Å². The van der Waals surface area contributed by atoms with E-state index in [1.165, 1.54) is 6.07 Å². The number of aliphatic hydroxyl groups excluding tert-OH is 1. The Labute approximate surface area is 144 Å². The van der Waals surface area contributed by atoms with E-state index in [0.717, 1.165) is 32.2 Å². The van der Waals surface area contributed by atoms with Crippen LogP contribution in [0, 0.1) is 11.7 Å². The molecule has 1 amide bonds. The summed E-state index contributed by atoms with van der Waals surface area (Å²) in [6.07, 6.45) is 2.95. The van der Waals surface area contributed by atoms with Gasteiger partial charge in [-0.05, 0) is 38.8 Å². The third-order valence-corrected chi connectivity index (χ3v) is 4.68. The van der Waals surface area contributed by atoms with Gasteiger partial charge in [-0.2, -0.15) is 0 Å². The van der Waals surface area contributed by atoms with Gasteiger partial charge in [-0.3, -0.25) is 9.69 Å². The fraction of sp³-hybridized carbons (Fsp3) is 0.632. The molecule has 5 heteroatoms. The SMILES string of the molecule is CCCC(C)NC(=O)C1CCCN(CC(O)c2ccccc2F)C1. The lowest BCUT2D eigenvalue weighted by molar-refractivity contribution is -0.127. The molecule has 0 radical (unpaired) electrons. The maximum atomic E-state index is 13.8. The van der Waals surface area contributed by atoms with Crippen molar-refractivity contribution in [1.82, 2.24) is 10.2 Å². The Morgan fingerprint density at radius 1 is 1.46 bits per heavy atom. The predicted molar refractivity (Wildman–Crippen MR) is 93.0 cm³/mol. The number of halogens is 1. The molecule has 1 aromatic rings. The lowest BCUT2D eigenvalue weighted by Crippen LogP contribution is -2.46. The van der Waals surface area contributed by atoms with Crippen molar-refractivity contribution in [1.29, 1.82) is 0 Å². The van der Waals surface area contributed by atoms with Gasteiger partial charge in [-0.25, -0.2) is 4.39 Å². The molecule has 2 rings (SSSR count). The summed E-state index contributed by atoms with van der Waals surface area (Å²) >= 11 is 0. The molecule has 24 heavy (non-hydrogen) atoms. The van der Waals surface area contributed by atoms with E-state index < -0.39 is 6.10 Å². The van der Waals surface area contributed by atoms with Crippen molar-refractivity contribution in [2.75, 3.05) is 19.6 Å². The smallest absolute Gasteiger partial charge is 0.224 e. The molecule has 3 atom stereocenters. The second-order valence-corrected chi connectivity index (χ2v) is 6.83. The number of aliphatic hydroxyl groups is 1. The van der Waals surface area contributed by atoms with Crippen LogP contribution >= 0.6 is 0 Å². The zero-order chi connectivity index (χ0) is 17.5. The zero-order valence-corrected chi connectivity index (χ0v) is 14.7. The molecule has 1 fully saturated rings. The quantitative estimate of drug-likeness (QED) is 0.805. The Hall–Kier alpha value is -1.46. The minimum atomic E-state index is -0.868. The molecule has 3 unspecified atom stereocenters. The van der Waals surface area contributed by atoms with E-state index in [0.29, 0.717) is 18.7 Å². The van der Waals surface area contributed by atoms with Crippen molar-refractivity contribution in [2.24, 2.45) is 5.92 Å². The number of carbonyl (C=O) groups is 1. The molecule has 0 aliphatic carbocycles. The van der Waals surface area contributed by atoms with Crippen molar-refractivity contribution < 1.29 is 14.3 Å². The van der Waals surface area contributed by atoms with Crippen LogP contribution in [0.1, 0.15) is 51.2 Å². The van der Waals surface area contributed by atoms with Crippen molar-refractivity contribution in [3.05, 3.63) is 35.6 Å². The molecule has 134 valence electrons. The average molecular weight is 336 g/mol. The van der Waals surface area contributed by atoms with Gasteiger partial charge in [0.15, 0.2) is 0 Å². The van der Waals surface area contributed by atoms with Gasteiger partial charge in [0.25, 0.3) is 0 Å². The number of hydrogen-bond acceptors (Lipinski definition) is 3. The Bertz CT molecular complexity index is 538. The Morgan fingerprint density at radius 2 is 2.21 bits per heavy atom. The fourth-order valence-electron chi connectivity index (χ4n) is 3.39. The summed E-state index contributed by atoms with van der Waals surface area (Å²) in [5.74, 6) is -0.336. The highest BCUT2D eigenvalue weighted by molar-refractivity contribution is 5.79. The van der Waals surface area contributed by atoms with Crippen LogP contribution in [0.2, 0.25) is 0 Å². The van der Waals surface area contributed by atoms with E-state index in [2.05, 4.69) is 17.1 Å². The van der Waals surface area contributed by atoms with Crippen molar-refractivity contribution in [2.45, 2.75) is 51.7 Å². The van der Waals surface area contributed by atoms with E-state index in [9.17, 15) is 14.3 Å². The summed E-state index contributed by atoms with van der Waals surface area (Å²) in [4.78, 5) is 14.4. The first-order valence-corrected chi connectivity index (χ1v) is 8.96. The molecule has 0 bridgehead atoms.